The minimum atomic E-state index is -2.85. The Labute approximate surface area is 217 Å². The van der Waals surface area contributed by atoms with Crippen molar-refractivity contribution in [2.45, 2.75) is 62.4 Å². The van der Waals surface area contributed by atoms with Crippen molar-refractivity contribution in [3.05, 3.63) is 66.6 Å². The number of carbonyl (C=O) groups excluding carboxylic acids is 2. The van der Waals surface area contributed by atoms with Gasteiger partial charge in [0.1, 0.15) is 11.1 Å². The van der Waals surface area contributed by atoms with Crippen molar-refractivity contribution in [1.82, 2.24) is 15.8 Å². The van der Waals surface area contributed by atoms with Gasteiger partial charge in [0.25, 0.3) is 5.91 Å². The van der Waals surface area contributed by atoms with Crippen molar-refractivity contribution in [1.29, 1.82) is 0 Å². The van der Waals surface area contributed by atoms with E-state index in [4.69, 9.17) is 8.94 Å². The van der Waals surface area contributed by atoms with Crippen molar-refractivity contribution in [3.63, 3.8) is 0 Å². The summed E-state index contributed by atoms with van der Waals surface area (Å²) >= 11 is 0. The molecule has 0 unspecified atom stereocenters. The van der Waals surface area contributed by atoms with Gasteiger partial charge in [-0.25, -0.2) is 8.78 Å². The van der Waals surface area contributed by atoms with E-state index < -0.39 is 36.1 Å². The topological polar surface area (TPSA) is 97.4 Å². The van der Waals surface area contributed by atoms with E-state index in [9.17, 15) is 18.4 Å². The molecule has 0 radical (unpaired) electrons. The molecule has 2 aromatic carbocycles. The second-order valence-corrected chi connectivity index (χ2v) is 10.7. The summed E-state index contributed by atoms with van der Waals surface area (Å²) in [7, 11) is 0. The number of aromatic nitrogens is 1. The largest absolute Gasteiger partial charge is 0.451 e. The van der Waals surface area contributed by atoms with E-state index in [1.807, 2.05) is 49.4 Å². The molecule has 0 saturated heterocycles. The summed E-state index contributed by atoms with van der Waals surface area (Å²) in [5.41, 5.74) is 1.51. The van der Waals surface area contributed by atoms with Crippen LogP contribution in [0.1, 0.15) is 56.0 Å². The first kappa shape index (κ1) is 24.3. The van der Waals surface area contributed by atoms with Crippen LogP contribution in [0, 0.1) is 0 Å². The maximum atomic E-state index is 14.0. The quantitative estimate of drug-likeness (QED) is 0.321. The summed E-state index contributed by atoms with van der Waals surface area (Å²) in [4.78, 5) is 26.5. The number of amides is 2. The standard InChI is InChI=1S/C29H27F2N3O4/c1-27(9-10-27)34-26(36)28(11-13-29(30,31)14-12-28)33-25(35)24-17-21-7-6-20(16-23(21)37-24)18-2-4-19(5-3-18)22-8-15-32-38-22/h2-8,15-17H,9-14H2,1H3,(H,33,35)(H,34,36). The van der Waals surface area contributed by atoms with Gasteiger partial charge < -0.3 is 19.6 Å². The van der Waals surface area contributed by atoms with Crippen LogP contribution in [-0.2, 0) is 4.79 Å². The molecule has 0 bridgehead atoms. The number of carbonyl (C=O) groups is 2. The minimum absolute atomic E-state index is 0.0277. The maximum Gasteiger partial charge on any atom is 0.287 e. The first-order valence-electron chi connectivity index (χ1n) is 12.7. The molecule has 2 amide bonds. The van der Waals surface area contributed by atoms with Crippen LogP contribution < -0.4 is 10.6 Å². The highest BCUT2D eigenvalue weighted by molar-refractivity contribution is 6.00. The Morgan fingerprint density at radius 3 is 2.18 bits per heavy atom. The molecule has 0 aliphatic heterocycles. The van der Waals surface area contributed by atoms with Gasteiger partial charge in [0.15, 0.2) is 11.5 Å². The molecule has 2 aliphatic rings. The number of nitrogens with one attached hydrogen (secondary N) is 2. The van der Waals surface area contributed by atoms with Gasteiger partial charge >= 0.3 is 0 Å². The summed E-state index contributed by atoms with van der Waals surface area (Å²) in [6.07, 6.45) is 2.05. The normalized spacial score (nSPS) is 19.1. The summed E-state index contributed by atoms with van der Waals surface area (Å²) in [5, 5.41) is 10.2. The first-order chi connectivity index (χ1) is 18.1. The second-order valence-electron chi connectivity index (χ2n) is 10.7. The number of rotatable bonds is 6. The molecule has 9 heteroatoms. The van der Waals surface area contributed by atoms with Crippen LogP contribution in [0.15, 0.2) is 69.7 Å². The average Bonchev–Trinajstić information content (AvgIpc) is 3.29. The molecule has 38 heavy (non-hydrogen) atoms. The lowest BCUT2D eigenvalue weighted by atomic mass is 9.78. The van der Waals surface area contributed by atoms with E-state index in [0.29, 0.717) is 11.3 Å². The molecule has 2 N–H and O–H groups in total. The minimum Gasteiger partial charge on any atom is -0.451 e. The summed E-state index contributed by atoms with van der Waals surface area (Å²) in [5.74, 6) is -3.15. The van der Waals surface area contributed by atoms with Gasteiger partial charge in [-0.2, -0.15) is 0 Å². The second kappa shape index (κ2) is 8.79. The molecule has 2 aliphatic carbocycles. The fourth-order valence-corrected chi connectivity index (χ4v) is 4.95. The number of fused-ring (bicyclic) bond motifs is 1. The molecule has 7 nitrogen and oxygen atoms in total. The molecule has 6 rings (SSSR count). The Balaban J connectivity index is 1.23. The number of hydrogen-bond acceptors (Lipinski definition) is 5. The van der Waals surface area contributed by atoms with Crippen LogP contribution in [0.5, 0.6) is 0 Å². The van der Waals surface area contributed by atoms with Gasteiger partial charge in [0.05, 0.1) is 6.20 Å². The van der Waals surface area contributed by atoms with Crippen molar-refractivity contribution >= 4 is 22.8 Å². The highest BCUT2D eigenvalue weighted by atomic mass is 19.3. The number of halogens is 2. The number of alkyl halides is 2. The number of nitrogens with zero attached hydrogens (tertiary/aromatic N) is 1. The lowest BCUT2D eigenvalue weighted by molar-refractivity contribution is -0.133. The Morgan fingerprint density at radius 1 is 0.842 bits per heavy atom. The van der Waals surface area contributed by atoms with Gasteiger partial charge in [-0.05, 0) is 55.9 Å². The van der Waals surface area contributed by atoms with E-state index >= 15 is 0 Å². The maximum absolute atomic E-state index is 14.0. The molecule has 2 fully saturated rings. The Kier molecular flexibility index (Phi) is 5.63. The third kappa shape index (κ3) is 4.68. The summed E-state index contributed by atoms with van der Waals surface area (Å²) in [6.45, 7) is 1.91. The van der Waals surface area contributed by atoms with Crippen LogP contribution in [0.2, 0.25) is 0 Å². The van der Waals surface area contributed by atoms with E-state index in [-0.39, 0.29) is 24.1 Å². The smallest absolute Gasteiger partial charge is 0.287 e. The van der Waals surface area contributed by atoms with Crippen LogP contribution >= 0.6 is 0 Å². The average molecular weight is 520 g/mol. The zero-order chi connectivity index (χ0) is 26.5. The third-order valence-electron chi connectivity index (χ3n) is 7.72. The zero-order valence-electron chi connectivity index (χ0n) is 20.9. The first-order valence-corrected chi connectivity index (χ1v) is 12.7. The van der Waals surface area contributed by atoms with Gasteiger partial charge in [-0.3, -0.25) is 9.59 Å². The number of furan rings is 1. The van der Waals surface area contributed by atoms with Crippen LogP contribution in [-0.4, -0.2) is 34.0 Å². The Morgan fingerprint density at radius 2 is 1.53 bits per heavy atom. The Bertz CT molecular complexity index is 1490. The van der Waals surface area contributed by atoms with Crippen LogP contribution in [0.4, 0.5) is 8.78 Å². The van der Waals surface area contributed by atoms with Crippen molar-refractivity contribution in [2.75, 3.05) is 0 Å². The zero-order valence-corrected chi connectivity index (χ0v) is 20.9. The molecule has 2 aromatic heterocycles. The number of hydrogen-bond donors (Lipinski definition) is 2. The van der Waals surface area contributed by atoms with Gasteiger partial charge in [-0.1, -0.05) is 41.6 Å². The molecule has 2 saturated carbocycles. The van der Waals surface area contributed by atoms with E-state index in [1.54, 1.807) is 18.3 Å². The molecule has 0 atom stereocenters. The molecular weight excluding hydrogens is 492 g/mol. The molecule has 4 aromatic rings. The summed E-state index contributed by atoms with van der Waals surface area (Å²) < 4.78 is 39.0. The monoisotopic (exact) mass is 519 g/mol. The molecule has 0 spiro atoms. The van der Waals surface area contributed by atoms with Crippen LogP contribution in [0.25, 0.3) is 33.4 Å². The van der Waals surface area contributed by atoms with Crippen LogP contribution in [0.3, 0.4) is 0 Å². The highest BCUT2D eigenvalue weighted by Gasteiger charge is 2.51. The molecule has 2 heterocycles. The predicted molar refractivity (Wildman–Crippen MR) is 137 cm³/mol. The summed E-state index contributed by atoms with van der Waals surface area (Å²) in [6, 6.07) is 16.8. The van der Waals surface area contributed by atoms with Gasteiger partial charge in [0.2, 0.25) is 11.8 Å². The fraction of sp³-hybridized carbons (Fsp3) is 0.345. The van der Waals surface area contributed by atoms with Crippen molar-refractivity contribution < 1.29 is 27.3 Å². The lowest BCUT2D eigenvalue weighted by Gasteiger charge is -2.39. The number of benzene rings is 2. The SMILES string of the molecule is CC1(NC(=O)C2(NC(=O)c3cc4ccc(-c5ccc(-c6ccno6)cc5)cc4o3)CCC(F)(F)CC2)CC1. The van der Waals surface area contributed by atoms with Crippen molar-refractivity contribution in [3.8, 4) is 22.5 Å². The Hall–Kier alpha value is -4.01. The van der Waals surface area contributed by atoms with Gasteiger partial charge in [0, 0.05) is 35.4 Å². The predicted octanol–water partition coefficient (Wildman–Crippen LogP) is 6.10. The van der Waals surface area contributed by atoms with E-state index in [0.717, 1.165) is 34.9 Å². The van der Waals surface area contributed by atoms with Gasteiger partial charge in [-0.15, -0.1) is 0 Å². The molecule has 196 valence electrons. The highest BCUT2D eigenvalue weighted by Crippen LogP contribution is 2.41. The van der Waals surface area contributed by atoms with Crippen molar-refractivity contribution in [2.24, 2.45) is 0 Å². The van der Waals surface area contributed by atoms with E-state index in [2.05, 4.69) is 15.8 Å². The molecular formula is C29H27F2N3O4. The fourth-order valence-electron chi connectivity index (χ4n) is 4.95. The third-order valence-corrected chi connectivity index (χ3v) is 7.72. The lowest BCUT2D eigenvalue weighted by Crippen LogP contribution is -2.62. The van der Waals surface area contributed by atoms with E-state index in [1.165, 1.54) is 0 Å².